The van der Waals surface area contributed by atoms with E-state index in [1.54, 1.807) is 4.90 Å². The van der Waals surface area contributed by atoms with Crippen LogP contribution in [0.15, 0.2) is 30.3 Å². The van der Waals surface area contributed by atoms with Gasteiger partial charge in [0.2, 0.25) is 5.91 Å². The number of nitrogens with zero attached hydrogens (tertiary/aromatic N) is 2. The molecule has 0 saturated carbocycles. The molecule has 3 rings (SSSR count). The summed E-state index contributed by atoms with van der Waals surface area (Å²) in [6.45, 7) is 4.02. The Labute approximate surface area is 139 Å². The number of benzene rings is 1. The summed E-state index contributed by atoms with van der Waals surface area (Å²) in [5.74, 6) is -1.05. The Kier molecular flexibility index (Phi) is 4.66. The molecule has 0 fully saturated rings. The van der Waals surface area contributed by atoms with Crippen LogP contribution in [0, 0.1) is 18.6 Å². The van der Waals surface area contributed by atoms with Crippen LogP contribution >= 0.6 is 0 Å². The third-order valence-corrected chi connectivity index (χ3v) is 4.52. The number of nitrogens with two attached hydrogens (primary N) is 1. The highest BCUT2D eigenvalue weighted by atomic mass is 19.1. The Morgan fingerprint density at radius 3 is 2.83 bits per heavy atom. The molecule has 0 aliphatic carbocycles. The molecular weight excluding hydrogens is 312 g/mol. The molecule has 2 N–H and O–H groups in total. The van der Waals surface area contributed by atoms with Crippen molar-refractivity contribution in [2.24, 2.45) is 5.73 Å². The van der Waals surface area contributed by atoms with Gasteiger partial charge in [0.25, 0.3) is 0 Å². The quantitative estimate of drug-likeness (QED) is 0.934. The van der Waals surface area contributed by atoms with E-state index in [4.69, 9.17) is 5.73 Å². The lowest BCUT2D eigenvalue weighted by Crippen LogP contribution is -2.41. The summed E-state index contributed by atoms with van der Waals surface area (Å²) in [6.07, 6.45) is 0.258. The van der Waals surface area contributed by atoms with Crippen molar-refractivity contribution in [3.63, 3.8) is 0 Å². The molecule has 128 valence electrons. The van der Waals surface area contributed by atoms with Gasteiger partial charge < -0.3 is 15.2 Å². The van der Waals surface area contributed by atoms with Crippen molar-refractivity contribution < 1.29 is 13.6 Å². The number of hydrogen-bond donors (Lipinski definition) is 1. The summed E-state index contributed by atoms with van der Waals surface area (Å²) in [5, 5.41) is 0. The van der Waals surface area contributed by atoms with Crippen molar-refractivity contribution in [1.29, 1.82) is 0 Å². The Balaban J connectivity index is 1.59. The molecule has 0 unspecified atom stereocenters. The number of amides is 1. The van der Waals surface area contributed by atoms with Crippen LogP contribution in [0.5, 0.6) is 0 Å². The largest absolute Gasteiger partial charge is 0.345 e. The number of carbonyl (C=O) groups is 1. The first-order valence-corrected chi connectivity index (χ1v) is 8.06. The van der Waals surface area contributed by atoms with Gasteiger partial charge in [0, 0.05) is 36.9 Å². The molecule has 2 heterocycles. The second-order valence-electron chi connectivity index (χ2n) is 6.34. The van der Waals surface area contributed by atoms with Gasteiger partial charge in [-0.05, 0) is 49.2 Å². The van der Waals surface area contributed by atoms with Crippen LogP contribution in [0.4, 0.5) is 8.78 Å². The fraction of sp³-hybridized carbons (Fsp3) is 0.389. The molecule has 1 amide bonds. The van der Waals surface area contributed by atoms with Crippen molar-refractivity contribution >= 4 is 5.91 Å². The van der Waals surface area contributed by atoms with Gasteiger partial charge in [0.15, 0.2) is 0 Å². The van der Waals surface area contributed by atoms with Gasteiger partial charge in [-0.2, -0.15) is 0 Å². The maximum atomic E-state index is 13.7. The molecule has 1 atom stereocenters. The van der Waals surface area contributed by atoms with Crippen molar-refractivity contribution in [3.8, 4) is 0 Å². The SMILES string of the molecule is Cc1ccc2n1CCN(C(=O)C[C@H](N)Cc1cc(F)ccc1F)C2. The minimum Gasteiger partial charge on any atom is -0.345 e. The topological polar surface area (TPSA) is 51.3 Å². The molecular formula is C18H21F2N3O. The molecule has 1 aromatic carbocycles. The fourth-order valence-corrected chi connectivity index (χ4v) is 3.20. The van der Waals surface area contributed by atoms with Crippen LogP contribution in [0.3, 0.4) is 0 Å². The number of rotatable bonds is 4. The van der Waals surface area contributed by atoms with Crippen LogP contribution in [0.2, 0.25) is 0 Å². The van der Waals surface area contributed by atoms with Crippen molar-refractivity contribution in [2.75, 3.05) is 6.54 Å². The van der Waals surface area contributed by atoms with Crippen LogP contribution in [0.1, 0.15) is 23.4 Å². The number of aromatic nitrogens is 1. The average molecular weight is 333 g/mol. The van der Waals surface area contributed by atoms with Gasteiger partial charge in [-0.15, -0.1) is 0 Å². The first-order chi connectivity index (χ1) is 11.4. The summed E-state index contributed by atoms with van der Waals surface area (Å²) < 4.78 is 29.1. The minimum atomic E-state index is -0.538. The Hall–Kier alpha value is -2.21. The van der Waals surface area contributed by atoms with Crippen LogP contribution in [0.25, 0.3) is 0 Å². The van der Waals surface area contributed by atoms with Crippen LogP contribution < -0.4 is 5.73 Å². The fourth-order valence-electron chi connectivity index (χ4n) is 3.20. The zero-order valence-electron chi connectivity index (χ0n) is 13.6. The molecule has 24 heavy (non-hydrogen) atoms. The summed E-state index contributed by atoms with van der Waals surface area (Å²) in [6, 6.07) is 6.82. The van der Waals surface area contributed by atoms with Crippen molar-refractivity contribution in [3.05, 3.63) is 58.9 Å². The second-order valence-corrected chi connectivity index (χ2v) is 6.34. The lowest BCUT2D eigenvalue weighted by Gasteiger charge is -2.30. The van der Waals surface area contributed by atoms with E-state index < -0.39 is 17.7 Å². The van der Waals surface area contributed by atoms with E-state index in [0.29, 0.717) is 13.1 Å². The number of fused-ring (bicyclic) bond motifs is 1. The first kappa shape index (κ1) is 16.6. The normalized spacial score (nSPS) is 15.2. The average Bonchev–Trinajstić information content (AvgIpc) is 2.91. The predicted octanol–water partition coefficient (Wildman–Crippen LogP) is 2.38. The Morgan fingerprint density at radius 1 is 1.25 bits per heavy atom. The van der Waals surface area contributed by atoms with E-state index in [9.17, 15) is 13.6 Å². The van der Waals surface area contributed by atoms with E-state index >= 15 is 0 Å². The van der Waals surface area contributed by atoms with Gasteiger partial charge in [-0.3, -0.25) is 4.79 Å². The third-order valence-electron chi connectivity index (χ3n) is 4.52. The highest BCUT2D eigenvalue weighted by molar-refractivity contribution is 5.77. The van der Waals surface area contributed by atoms with Crippen LogP contribution in [-0.2, 0) is 24.3 Å². The zero-order valence-corrected chi connectivity index (χ0v) is 13.6. The number of hydrogen-bond acceptors (Lipinski definition) is 2. The molecule has 1 aromatic heterocycles. The van der Waals surface area contributed by atoms with E-state index in [0.717, 1.165) is 30.4 Å². The Morgan fingerprint density at radius 2 is 2.04 bits per heavy atom. The highest BCUT2D eigenvalue weighted by Crippen LogP contribution is 2.18. The zero-order chi connectivity index (χ0) is 17.3. The summed E-state index contributed by atoms with van der Waals surface area (Å²) in [5.41, 5.74) is 8.49. The highest BCUT2D eigenvalue weighted by Gasteiger charge is 2.23. The lowest BCUT2D eigenvalue weighted by molar-refractivity contribution is -0.133. The smallest absolute Gasteiger partial charge is 0.224 e. The summed E-state index contributed by atoms with van der Waals surface area (Å²) in [4.78, 5) is 14.2. The number of aryl methyl sites for hydroxylation is 1. The number of carbonyl (C=O) groups excluding carboxylic acids is 1. The van der Waals surface area contributed by atoms with E-state index in [2.05, 4.69) is 4.57 Å². The third kappa shape index (κ3) is 3.48. The predicted molar refractivity (Wildman–Crippen MR) is 87.2 cm³/mol. The monoisotopic (exact) mass is 333 g/mol. The van der Waals surface area contributed by atoms with Gasteiger partial charge in [0.05, 0.1) is 6.54 Å². The lowest BCUT2D eigenvalue weighted by atomic mass is 10.0. The summed E-state index contributed by atoms with van der Waals surface area (Å²) >= 11 is 0. The van der Waals surface area contributed by atoms with Crippen molar-refractivity contribution in [1.82, 2.24) is 9.47 Å². The standard InChI is InChI=1S/C18H21F2N3O/c1-12-2-4-16-11-22(6-7-23(12)16)18(24)10-15(21)9-13-8-14(19)3-5-17(13)20/h2-5,8,15H,6-7,9-11,21H2,1H3/t15-/m1/s1. The number of halogens is 2. The maximum absolute atomic E-state index is 13.7. The van der Waals surface area contributed by atoms with Gasteiger partial charge in [-0.25, -0.2) is 8.78 Å². The molecule has 1 aliphatic heterocycles. The molecule has 2 aromatic rings. The molecule has 0 saturated heterocycles. The Bertz CT molecular complexity index is 757. The van der Waals surface area contributed by atoms with Crippen molar-refractivity contribution in [2.45, 2.75) is 38.9 Å². The summed E-state index contributed by atoms with van der Waals surface area (Å²) in [7, 11) is 0. The van der Waals surface area contributed by atoms with E-state index in [-0.39, 0.29) is 24.3 Å². The molecule has 4 nitrogen and oxygen atoms in total. The molecule has 6 heteroatoms. The van der Waals surface area contributed by atoms with E-state index in [1.165, 1.54) is 5.69 Å². The molecule has 1 aliphatic rings. The van der Waals surface area contributed by atoms with Crippen LogP contribution in [-0.4, -0.2) is 28.0 Å². The molecule has 0 radical (unpaired) electrons. The minimum absolute atomic E-state index is 0.0515. The van der Waals surface area contributed by atoms with Gasteiger partial charge in [-0.1, -0.05) is 0 Å². The van der Waals surface area contributed by atoms with Gasteiger partial charge >= 0.3 is 0 Å². The maximum Gasteiger partial charge on any atom is 0.224 e. The second kappa shape index (κ2) is 6.73. The van der Waals surface area contributed by atoms with Gasteiger partial charge in [0.1, 0.15) is 11.6 Å². The molecule has 0 bridgehead atoms. The van der Waals surface area contributed by atoms with E-state index in [1.807, 2.05) is 19.1 Å². The molecule has 0 spiro atoms. The first-order valence-electron chi connectivity index (χ1n) is 8.06.